The van der Waals surface area contributed by atoms with Gasteiger partial charge in [0, 0.05) is 37.9 Å². The molecule has 0 bridgehead atoms. The highest BCUT2D eigenvalue weighted by molar-refractivity contribution is 5.99. The molecule has 0 radical (unpaired) electrons. The molecule has 1 aromatic heterocycles. The summed E-state index contributed by atoms with van der Waals surface area (Å²) in [7, 11) is 0. The number of hydrogen-bond donors (Lipinski definition) is 0. The Balaban J connectivity index is 1.43. The summed E-state index contributed by atoms with van der Waals surface area (Å²) in [6.07, 6.45) is 3.80. The number of piperidine rings is 1. The zero-order chi connectivity index (χ0) is 24.2. The highest BCUT2D eigenvalue weighted by atomic mass is 16.5. The number of anilines is 1. The Labute approximate surface area is 205 Å². The largest absolute Gasteiger partial charge is 0.466 e. The lowest BCUT2D eigenvalue weighted by molar-refractivity contribution is -0.149. The summed E-state index contributed by atoms with van der Waals surface area (Å²) in [6.45, 7) is 4.72. The summed E-state index contributed by atoms with van der Waals surface area (Å²) >= 11 is 0. The molecule has 7 heteroatoms. The summed E-state index contributed by atoms with van der Waals surface area (Å²) in [5.74, 6) is 0.889. The molecule has 3 heterocycles. The van der Waals surface area contributed by atoms with Crippen LogP contribution in [-0.4, -0.2) is 53.0 Å². The fourth-order valence-electron chi connectivity index (χ4n) is 4.92. The number of fused-ring (bicyclic) bond motifs is 1. The van der Waals surface area contributed by atoms with Crippen molar-refractivity contribution in [2.45, 2.75) is 32.7 Å². The normalized spacial score (nSPS) is 16.0. The molecule has 180 valence electrons. The van der Waals surface area contributed by atoms with Crippen LogP contribution in [-0.2, 0) is 22.5 Å². The summed E-state index contributed by atoms with van der Waals surface area (Å²) in [4.78, 5) is 39.3. The highest BCUT2D eigenvalue weighted by Crippen LogP contribution is 2.29. The SMILES string of the molecule is CCOC(=O)C1CCN(C(=O)c2cnc(-c3ccccc3)nc2N2CCc3ccccc3C2)CC1. The first-order valence-electron chi connectivity index (χ1n) is 12.3. The van der Waals surface area contributed by atoms with E-state index in [1.165, 1.54) is 11.1 Å². The van der Waals surface area contributed by atoms with Crippen LogP contribution in [0, 0.1) is 5.92 Å². The van der Waals surface area contributed by atoms with Gasteiger partial charge in [-0.15, -0.1) is 0 Å². The van der Waals surface area contributed by atoms with Crippen LogP contribution in [0.5, 0.6) is 0 Å². The number of carbonyl (C=O) groups is 2. The van der Waals surface area contributed by atoms with Crippen molar-refractivity contribution >= 4 is 17.7 Å². The molecule has 0 N–H and O–H groups in total. The molecule has 0 saturated carbocycles. The number of amides is 1. The average molecular weight is 471 g/mol. The van der Waals surface area contributed by atoms with Gasteiger partial charge < -0.3 is 14.5 Å². The van der Waals surface area contributed by atoms with Gasteiger partial charge in [0.05, 0.1) is 12.5 Å². The van der Waals surface area contributed by atoms with Crippen LogP contribution < -0.4 is 4.90 Å². The fraction of sp³-hybridized carbons (Fsp3) is 0.357. The lowest BCUT2D eigenvalue weighted by Gasteiger charge is -2.34. The minimum atomic E-state index is -0.164. The zero-order valence-electron chi connectivity index (χ0n) is 20.0. The molecule has 0 atom stereocenters. The van der Waals surface area contributed by atoms with Gasteiger partial charge in [-0.1, -0.05) is 54.6 Å². The maximum atomic E-state index is 13.7. The van der Waals surface area contributed by atoms with Gasteiger partial charge in [-0.3, -0.25) is 9.59 Å². The molecule has 0 spiro atoms. The van der Waals surface area contributed by atoms with Gasteiger partial charge >= 0.3 is 5.97 Å². The van der Waals surface area contributed by atoms with E-state index in [4.69, 9.17) is 9.72 Å². The molecule has 0 unspecified atom stereocenters. The predicted octanol–water partition coefficient (Wildman–Crippen LogP) is 4.12. The van der Waals surface area contributed by atoms with Crippen molar-refractivity contribution in [2.75, 3.05) is 31.1 Å². The minimum Gasteiger partial charge on any atom is -0.466 e. The van der Waals surface area contributed by atoms with Crippen LogP contribution in [0.3, 0.4) is 0 Å². The number of ether oxygens (including phenoxy) is 1. The summed E-state index contributed by atoms with van der Waals surface area (Å²) in [5.41, 5.74) is 4.03. The number of aromatic nitrogens is 2. The predicted molar refractivity (Wildman–Crippen MR) is 134 cm³/mol. The maximum absolute atomic E-state index is 13.7. The topological polar surface area (TPSA) is 75.6 Å². The average Bonchev–Trinajstić information content (AvgIpc) is 2.93. The van der Waals surface area contributed by atoms with E-state index in [2.05, 4.69) is 34.1 Å². The van der Waals surface area contributed by atoms with Crippen molar-refractivity contribution < 1.29 is 14.3 Å². The smallest absolute Gasteiger partial charge is 0.309 e. The van der Waals surface area contributed by atoms with E-state index in [0.717, 1.165) is 18.5 Å². The van der Waals surface area contributed by atoms with Crippen molar-refractivity contribution in [3.63, 3.8) is 0 Å². The van der Waals surface area contributed by atoms with Gasteiger partial charge in [-0.05, 0) is 37.3 Å². The summed E-state index contributed by atoms with van der Waals surface area (Å²) in [6, 6.07) is 18.3. The Morgan fingerprint density at radius 2 is 1.69 bits per heavy atom. The molecule has 2 aliphatic rings. The fourth-order valence-corrected chi connectivity index (χ4v) is 4.92. The number of carbonyl (C=O) groups excluding carboxylic acids is 2. The van der Waals surface area contributed by atoms with Crippen LogP contribution in [0.25, 0.3) is 11.4 Å². The molecule has 1 fully saturated rings. The van der Waals surface area contributed by atoms with E-state index in [0.29, 0.717) is 56.3 Å². The first kappa shape index (κ1) is 23.0. The Morgan fingerprint density at radius 1 is 0.971 bits per heavy atom. The first-order valence-corrected chi connectivity index (χ1v) is 12.3. The summed E-state index contributed by atoms with van der Waals surface area (Å²) in [5, 5.41) is 0. The number of esters is 1. The van der Waals surface area contributed by atoms with E-state index in [1.54, 1.807) is 6.20 Å². The number of nitrogens with zero attached hydrogens (tertiary/aromatic N) is 4. The van der Waals surface area contributed by atoms with Gasteiger partial charge in [0.2, 0.25) is 0 Å². The molecule has 1 amide bonds. The van der Waals surface area contributed by atoms with Crippen LogP contribution >= 0.6 is 0 Å². The third-order valence-electron chi connectivity index (χ3n) is 6.86. The van der Waals surface area contributed by atoms with Crippen molar-refractivity contribution in [1.82, 2.24) is 14.9 Å². The molecular formula is C28H30N4O3. The van der Waals surface area contributed by atoms with Crippen molar-refractivity contribution in [3.05, 3.63) is 77.5 Å². The Morgan fingerprint density at radius 3 is 2.43 bits per heavy atom. The molecule has 35 heavy (non-hydrogen) atoms. The van der Waals surface area contributed by atoms with Gasteiger partial charge in [-0.2, -0.15) is 0 Å². The molecule has 2 aromatic carbocycles. The molecule has 3 aromatic rings. The lowest BCUT2D eigenvalue weighted by Crippen LogP contribution is -2.42. The van der Waals surface area contributed by atoms with E-state index in [-0.39, 0.29) is 17.8 Å². The van der Waals surface area contributed by atoms with Gasteiger partial charge in [0.25, 0.3) is 5.91 Å². The minimum absolute atomic E-state index is 0.0826. The van der Waals surface area contributed by atoms with E-state index in [1.807, 2.05) is 42.2 Å². The molecule has 1 saturated heterocycles. The third-order valence-corrected chi connectivity index (χ3v) is 6.86. The molecule has 5 rings (SSSR count). The second-order valence-corrected chi connectivity index (χ2v) is 9.06. The second kappa shape index (κ2) is 10.3. The van der Waals surface area contributed by atoms with Crippen LogP contribution in [0.15, 0.2) is 60.8 Å². The zero-order valence-corrected chi connectivity index (χ0v) is 20.0. The Kier molecular flexibility index (Phi) is 6.75. The number of benzene rings is 2. The van der Waals surface area contributed by atoms with Crippen LogP contribution in [0.2, 0.25) is 0 Å². The number of likely N-dealkylation sites (tertiary alicyclic amines) is 1. The van der Waals surface area contributed by atoms with Crippen molar-refractivity contribution in [1.29, 1.82) is 0 Å². The van der Waals surface area contributed by atoms with E-state index < -0.39 is 0 Å². The Bertz CT molecular complexity index is 1210. The quantitative estimate of drug-likeness (QED) is 0.522. The molecule has 2 aliphatic heterocycles. The number of hydrogen-bond acceptors (Lipinski definition) is 6. The molecule has 0 aliphatic carbocycles. The van der Waals surface area contributed by atoms with Gasteiger partial charge in [-0.25, -0.2) is 9.97 Å². The molecular weight excluding hydrogens is 440 g/mol. The monoisotopic (exact) mass is 470 g/mol. The third kappa shape index (κ3) is 4.90. The van der Waals surface area contributed by atoms with Crippen LogP contribution in [0.4, 0.5) is 5.82 Å². The molecule has 7 nitrogen and oxygen atoms in total. The maximum Gasteiger partial charge on any atom is 0.309 e. The van der Waals surface area contributed by atoms with E-state index in [9.17, 15) is 9.59 Å². The second-order valence-electron chi connectivity index (χ2n) is 9.06. The lowest BCUT2D eigenvalue weighted by atomic mass is 9.96. The van der Waals surface area contributed by atoms with Gasteiger partial charge in [0.1, 0.15) is 11.4 Å². The van der Waals surface area contributed by atoms with E-state index >= 15 is 0 Å². The number of rotatable bonds is 5. The Hall–Kier alpha value is -3.74. The highest BCUT2D eigenvalue weighted by Gasteiger charge is 2.31. The van der Waals surface area contributed by atoms with Gasteiger partial charge in [0.15, 0.2) is 5.82 Å². The van der Waals surface area contributed by atoms with Crippen molar-refractivity contribution in [2.24, 2.45) is 5.92 Å². The standard InChI is InChI=1S/C28H30N4O3/c1-2-35-28(34)22-13-15-31(16-14-22)27(33)24-18-29-25(21-9-4-3-5-10-21)30-26(24)32-17-12-20-8-6-7-11-23(20)19-32/h3-11,18,22H,2,12-17,19H2,1H3. The van der Waals surface area contributed by atoms with Crippen LogP contribution in [0.1, 0.15) is 41.3 Å². The van der Waals surface area contributed by atoms with Crippen molar-refractivity contribution in [3.8, 4) is 11.4 Å². The first-order chi connectivity index (χ1) is 17.1. The summed E-state index contributed by atoms with van der Waals surface area (Å²) < 4.78 is 5.18.